The fraction of sp³-hybridized carbons (Fsp3) is 0.296. The lowest BCUT2D eigenvalue weighted by Gasteiger charge is -2.36. The molecule has 0 bridgehead atoms. The molecule has 8 nitrogen and oxygen atoms in total. The quantitative estimate of drug-likeness (QED) is 0.470. The van der Waals surface area contributed by atoms with Crippen LogP contribution in [0.25, 0.3) is 0 Å². The minimum absolute atomic E-state index is 0.0871. The van der Waals surface area contributed by atoms with Crippen molar-refractivity contribution in [2.45, 2.75) is 18.7 Å². The van der Waals surface area contributed by atoms with Crippen molar-refractivity contribution in [2.75, 3.05) is 49.0 Å². The van der Waals surface area contributed by atoms with Crippen LogP contribution in [0.2, 0.25) is 0 Å². The summed E-state index contributed by atoms with van der Waals surface area (Å²) in [7, 11) is -3.78. The predicted octanol–water partition coefficient (Wildman–Crippen LogP) is 3.92. The van der Waals surface area contributed by atoms with E-state index in [0.717, 1.165) is 18.8 Å². The summed E-state index contributed by atoms with van der Waals surface area (Å²) in [4.78, 5) is 16.9. The van der Waals surface area contributed by atoms with E-state index in [4.69, 9.17) is 9.47 Å². The molecular weight excluding hydrogens is 478 g/mol. The van der Waals surface area contributed by atoms with E-state index in [1.54, 1.807) is 42.2 Å². The number of ether oxygens (including phenoxy) is 2. The van der Waals surface area contributed by atoms with Crippen LogP contribution in [-0.4, -0.2) is 58.6 Å². The number of hydrogen-bond donors (Lipinski definition) is 1. The molecule has 1 fully saturated rings. The zero-order valence-electron chi connectivity index (χ0n) is 20.5. The van der Waals surface area contributed by atoms with E-state index in [0.29, 0.717) is 42.4 Å². The fourth-order valence-corrected chi connectivity index (χ4v) is 5.18. The third kappa shape index (κ3) is 6.28. The summed E-state index contributed by atoms with van der Waals surface area (Å²) < 4.78 is 39.4. The van der Waals surface area contributed by atoms with Crippen molar-refractivity contribution in [3.05, 3.63) is 78.4 Å². The number of rotatable bonds is 9. The van der Waals surface area contributed by atoms with E-state index >= 15 is 0 Å². The zero-order valence-corrected chi connectivity index (χ0v) is 21.3. The highest BCUT2D eigenvalue weighted by Crippen LogP contribution is 2.25. The molecule has 0 atom stereocenters. The molecule has 4 rings (SSSR count). The number of aryl methyl sites for hydroxylation is 1. The first-order chi connectivity index (χ1) is 17.4. The molecule has 1 heterocycles. The molecule has 0 aromatic heterocycles. The normalized spacial score (nSPS) is 13.8. The molecule has 1 aliphatic heterocycles. The van der Waals surface area contributed by atoms with Gasteiger partial charge in [0.1, 0.15) is 11.5 Å². The van der Waals surface area contributed by atoms with Gasteiger partial charge in [-0.3, -0.25) is 9.52 Å². The number of hydrogen-bond acceptors (Lipinski definition) is 6. The average Bonchev–Trinajstić information content (AvgIpc) is 2.89. The SMILES string of the molecule is CCOc1ccc(NS(=O)(=O)c2ccc(OCC(=O)N3CCN(c4ccccc4)CC3)c(C)c2)cc1. The van der Waals surface area contributed by atoms with Crippen LogP contribution < -0.4 is 19.1 Å². The fourth-order valence-electron chi connectivity index (χ4n) is 4.03. The number of benzene rings is 3. The number of anilines is 2. The Morgan fingerprint density at radius 2 is 1.61 bits per heavy atom. The number of nitrogens with one attached hydrogen (secondary N) is 1. The van der Waals surface area contributed by atoms with Crippen molar-refractivity contribution in [1.82, 2.24) is 4.90 Å². The van der Waals surface area contributed by atoms with Crippen LogP contribution in [0.4, 0.5) is 11.4 Å². The van der Waals surface area contributed by atoms with Gasteiger partial charge in [0.15, 0.2) is 6.61 Å². The monoisotopic (exact) mass is 509 g/mol. The van der Waals surface area contributed by atoms with E-state index in [9.17, 15) is 13.2 Å². The maximum Gasteiger partial charge on any atom is 0.261 e. The average molecular weight is 510 g/mol. The standard InChI is InChI=1S/C27H31N3O5S/c1-3-34-24-11-9-22(10-12-24)28-36(32,33)25-13-14-26(21(2)19-25)35-20-27(31)30-17-15-29(16-18-30)23-7-5-4-6-8-23/h4-14,19,28H,3,15-18,20H2,1-2H3. The van der Waals surface area contributed by atoms with Crippen molar-refractivity contribution in [1.29, 1.82) is 0 Å². The summed E-state index contributed by atoms with van der Waals surface area (Å²) >= 11 is 0. The van der Waals surface area contributed by atoms with E-state index < -0.39 is 10.0 Å². The summed E-state index contributed by atoms with van der Waals surface area (Å²) in [6, 6.07) is 21.5. The van der Waals surface area contributed by atoms with Gasteiger partial charge >= 0.3 is 0 Å². The summed E-state index contributed by atoms with van der Waals surface area (Å²) in [5, 5.41) is 0. The number of carbonyl (C=O) groups is 1. The van der Waals surface area contributed by atoms with Crippen molar-refractivity contribution in [2.24, 2.45) is 0 Å². The van der Waals surface area contributed by atoms with Crippen LogP contribution in [0.1, 0.15) is 12.5 Å². The van der Waals surface area contributed by atoms with E-state index in [-0.39, 0.29) is 17.4 Å². The number of piperazine rings is 1. The summed E-state index contributed by atoms with van der Waals surface area (Å²) in [5.74, 6) is 1.06. The second kappa shape index (κ2) is 11.3. The first kappa shape index (κ1) is 25.4. The molecule has 36 heavy (non-hydrogen) atoms. The molecule has 0 spiro atoms. The molecule has 0 unspecified atom stereocenters. The first-order valence-electron chi connectivity index (χ1n) is 11.9. The highest BCUT2D eigenvalue weighted by Gasteiger charge is 2.22. The number of para-hydroxylation sites is 1. The van der Waals surface area contributed by atoms with Gasteiger partial charge in [-0.1, -0.05) is 18.2 Å². The maximum atomic E-state index is 12.8. The summed E-state index contributed by atoms with van der Waals surface area (Å²) in [5.41, 5.74) is 2.23. The maximum absolute atomic E-state index is 12.8. The molecule has 0 saturated carbocycles. The van der Waals surface area contributed by atoms with E-state index in [1.165, 1.54) is 12.1 Å². The Morgan fingerprint density at radius 3 is 2.25 bits per heavy atom. The smallest absolute Gasteiger partial charge is 0.261 e. The van der Waals surface area contributed by atoms with Gasteiger partial charge in [0.2, 0.25) is 0 Å². The van der Waals surface area contributed by atoms with Crippen LogP contribution in [0, 0.1) is 6.92 Å². The van der Waals surface area contributed by atoms with Gasteiger partial charge in [0, 0.05) is 37.6 Å². The minimum Gasteiger partial charge on any atom is -0.494 e. The van der Waals surface area contributed by atoms with Crippen molar-refractivity contribution < 1.29 is 22.7 Å². The van der Waals surface area contributed by atoms with E-state index in [2.05, 4.69) is 21.8 Å². The lowest BCUT2D eigenvalue weighted by Crippen LogP contribution is -2.50. The van der Waals surface area contributed by atoms with Gasteiger partial charge < -0.3 is 19.3 Å². The molecule has 0 aliphatic carbocycles. The van der Waals surface area contributed by atoms with Gasteiger partial charge in [-0.15, -0.1) is 0 Å². The van der Waals surface area contributed by atoms with Gasteiger partial charge in [-0.05, 0) is 74.0 Å². The van der Waals surface area contributed by atoms with Crippen LogP contribution in [0.15, 0.2) is 77.7 Å². The van der Waals surface area contributed by atoms with Crippen LogP contribution >= 0.6 is 0 Å². The first-order valence-corrected chi connectivity index (χ1v) is 13.4. The van der Waals surface area contributed by atoms with Gasteiger partial charge in [-0.2, -0.15) is 0 Å². The highest BCUT2D eigenvalue weighted by atomic mass is 32.2. The Balaban J connectivity index is 1.31. The number of carbonyl (C=O) groups excluding carboxylic acids is 1. The second-order valence-corrected chi connectivity index (χ2v) is 10.2. The number of sulfonamides is 1. The summed E-state index contributed by atoms with van der Waals surface area (Å²) in [6.07, 6.45) is 0. The number of nitrogens with zero attached hydrogens (tertiary/aromatic N) is 2. The molecule has 3 aromatic rings. The Labute approximate surface area is 212 Å². The van der Waals surface area contributed by atoms with Gasteiger partial charge in [-0.25, -0.2) is 8.42 Å². The Hall–Kier alpha value is -3.72. The third-order valence-corrected chi connectivity index (χ3v) is 7.36. The summed E-state index contributed by atoms with van der Waals surface area (Å²) in [6.45, 7) is 6.88. The van der Waals surface area contributed by atoms with E-state index in [1.807, 2.05) is 25.1 Å². The molecule has 190 valence electrons. The Bertz CT molecular complexity index is 1270. The molecular formula is C27H31N3O5S. The largest absolute Gasteiger partial charge is 0.494 e. The Kier molecular flexibility index (Phi) is 8.00. The highest BCUT2D eigenvalue weighted by molar-refractivity contribution is 7.92. The van der Waals surface area contributed by atoms with Crippen molar-refractivity contribution in [3.8, 4) is 11.5 Å². The molecule has 1 aliphatic rings. The lowest BCUT2D eigenvalue weighted by atomic mass is 10.2. The van der Waals surface area contributed by atoms with Crippen LogP contribution in [0.5, 0.6) is 11.5 Å². The third-order valence-electron chi connectivity index (χ3n) is 5.98. The molecule has 1 saturated heterocycles. The van der Waals surface area contributed by atoms with Crippen LogP contribution in [0.3, 0.4) is 0 Å². The predicted molar refractivity (Wildman–Crippen MR) is 140 cm³/mol. The molecule has 3 aromatic carbocycles. The van der Waals surface area contributed by atoms with Gasteiger partial charge in [0.05, 0.1) is 11.5 Å². The number of amides is 1. The zero-order chi connectivity index (χ0) is 25.5. The van der Waals surface area contributed by atoms with Crippen LogP contribution in [-0.2, 0) is 14.8 Å². The molecule has 9 heteroatoms. The molecule has 1 amide bonds. The second-order valence-electron chi connectivity index (χ2n) is 8.48. The topological polar surface area (TPSA) is 88.2 Å². The van der Waals surface area contributed by atoms with Crippen molar-refractivity contribution >= 4 is 27.3 Å². The Morgan fingerprint density at radius 1 is 0.917 bits per heavy atom. The molecule has 0 radical (unpaired) electrons. The minimum atomic E-state index is -3.78. The van der Waals surface area contributed by atoms with Gasteiger partial charge in [0.25, 0.3) is 15.9 Å². The molecule has 1 N–H and O–H groups in total. The lowest BCUT2D eigenvalue weighted by molar-refractivity contribution is -0.133. The van der Waals surface area contributed by atoms with Crippen molar-refractivity contribution in [3.63, 3.8) is 0 Å².